The number of ether oxygens (including phenoxy) is 1. The minimum Gasteiger partial charge on any atom is -0.484 e. The van der Waals surface area contributed by atoms with Gasteiger partial charge in [0.15, 0.2) is 6.61 Å². The van der Waals surface area contributed by atoms with Crippen LogP contribution in [0.3, 0.4) is 0 Å². The van der Waals surface area contributed by atoms with E-state index in [0.717, 1.165) is 5.56 Å². The maximum atomic E-state index is 12.2. The fourth-order valence-electron chi connectivity index (χ4n) is 2.40. The molecule has 0 bridgehead atoms. The van der Waals surface area contributed by atoms with Crippen LogP contribution in [0.2, 0.25) is 5.02 Å². The molecule has 0 saturated carbocycles. The fourth-order valence-corrected chi connectivity index (χ4v) is 2.59. The molecule has 0 aliphatic rings. The third kappa shape index (κ3) is 7.40. The van der Waals surface area contributed by atoms with Crippen molar-refractivity contribution in [3.63, 3.8) is 0 Å². The summed E-state index contributed by atoms with van der Waals surface area (Å²) in [5, 5.41) is 3.20. The highest BCUT2D eigenvalue weighted by molar-refractivity contribution is 6.30. The minimum absolute atomic E-state index is 0.0985. The first-order chi connectivity index (χ1) is 13.3. The van der Waals surface area contributed by atoms with Gasteiger partial charge in [-0.05, 0) is 49.2 Å². The molecule has 0 aliphatic heterocycles. The average molecular weight is 403 g/mol. The number of hydrogen-bond donors (Lipinski definition) is 1. The number of aryl methyl sites for hydroxylation is 1. The van der Waals surface area contributed by atoms with Crippen molar-refractivity contribution < 1.29 is 19.1 Å². The number of likely N-dealkylation sites (N-methyl/N-ethyl adjacent to an activating group) is 1. The average Bonchev–Trinajstić information content (AvgIpc) is 2.65. The van der Waals surface area contributed by atoms with E-state index in [1.807, 2.05) is 12.1 Å². The smallest absolute Gasteiger partial charge is 0.260 e. The largest absolute Gasteiger partial charge is 0.484 e. The number of carbonyl (C=O) groups excluding carboxylic acids is 3. The third-order valence-electron chi connectivity index (χ3n) is 3.97. The summed E-state index contributed by atoms with van der Waals surface area (Å²) in [5.41, 5.74) is 1.60. The molecule has 28 heavy (non-hydrogen) atoms. The fraction of sp³-hybridized carbons (Fsp3) is 0.286. The molecule has 0 heterocycles. The van der Waals surface area contributed by atoms with E-state index in [4.69, 9.17) is 16.3 Å². The molecule has 0 spiro atoms. The second-order valence-electron chi connectivity index (χ2n) is 6.44. The second kappa shape index (κ2) is 10.5. The number of nitrogens with zero attached hydrogens (tertiary/aromatic N) is 1. The Hall–Kier alpha value is -2.86. The predicted octanol–water partition coefficient (Wildman–Crippen LogP) is 3.34. The number of ketones is 1. The van der Waals surface area contributed by atoms with Crippen LogP contribution in [0.5, 0.6) is 5.75 Å². The van der Waals surface area contributed by atoms with E-state index in [0.29, 0.717) is 29.3 Å². The van der Waals surface area contributed by atoms with Gasteiger partial charge in [0.1, 0.15) is 11.5 Å². The van der Waals surface area contributed by atoms with Crippen LogP contribution in [0.1, 0.15) is 18.9 Å². The zero-order chi connectivity index (χ0) is 20.5. The van der Waals surface area contributed by atoms with E-state index in [1.54, 1.807) is 43.3 Å². The number of rotatable bonds is 9. The molecular weight excluding hydrogens is 380 g/mol. The number of halogens is 1. The molecule has 0 aromatic heterocycles. The van der Waals surface area contributed by atoms with Gasteiger partial charge in [0.2, 0.25) is 5.91 Å². The lowest BCUT2D eigenvalue weighted by Gasteiger charge is -2.17. The zero-order valence-electron chi connectivity index (χ0n) is 15.9. The van der Waals surface area contributed by atoms with Gasteiger partial charge in [-0.3, -0.25) is 9.59 Å². The Morgan fingerprint density at radius 2 is 1.82 bits per heavy atom. The second-order valence-corrected chi connectivity index (χ2v) is 6.88. The SMILES string of the molecule is CC(=O)CCc1ccc(OCC(=O)N(C)CC(=O)Nc2cccc(Cl)c2)cc1. The highest BCUT2D eigenvalue weighted by atomic mass is 35.5. The Labute approximate surface area is 169 Å². The minimum atomic E-state index is -0.326. The summed E-state index contributed by atoms with van der Waals surface area (Å²) < 4.78 is 5.48. The van der Waals surface area contributed by atoms with Crippen LogP contribution in [0.25, 0.3) is 0 Å². The first-order valence-corrected chi connectivity index (χ1v) is 9.22. The standard InChI is InChI=1S/C21H23ClN2O4/c1-15(25)6-7-16-8-10-19(11-9-16)28-14-21(27)24(2)13-20(26)23-18-5-3-4-17(22)12-18/h3-5,8-12H,6-7,13-14H2,1-2H3,(H,23,26). The van der Waals surface area contributed by atoms with Crippen molar-refractivity contribution in [1.29, 1.82) is 0 Å². The van der Waals surface area contributed by atoms with Crippen LogP contribution < -0.4 is 10.1 Å². The molecule has 0 atom stereocenters. The molecule has 0 unspecified atom stereocenters. The number of anilines is 1. The molecule has 2 aromatic carbocycles. The summed E-state index contributed by atoms with van der Waals surface area (Å²) in [5.74, 6) is 0.0555. The number of benzene rings is 2. The maximum Gasteiger partial charge on any atom is 0.260 e. The van der Waals surface area contributed by atoms with Crippen LogP contribution in [0.15, 0.2) is 48.5 Å². The Kier molecular flexibility index (Phi) is 8.02. The Morgan fingerprint density at radius 3 is 2.46 bits per heavy atom. The summed E-state index contributed by atoms with van der Waals surface area (Å²) in [6.45, 7) is 1.29. The highest BCUT2D eigenvalue weighted by Gasteiger charge is 2.14. The highest BCUT2D eigenvalue weighted by Crippen LogP contribution is 2.15. The van der Waals surface area contributed by atoms with Crippen LogP contribution in [-0.4, -0.2) is 42.7 Å². The van der Waals surface area contributed by atoms with Crippen molar-refractivity contribution in [2.75, 3.05) is 25.5 Å². The zero-order valence-corrected chi connectivity index (χ0v) is 16.7. The van der Waals surface area contributed by atoms with Crippen molar-refractivity contribution in [1.82, 2.24) is 4.90 Å². The van der Waals surface area contributed by atoms with Gasteiger partial charge in [0.05, 0.1) is 6.54 Å². The van der Waals surface area contributed by atoms with Gasteiger partial charge in [-0.15, -0.1) is 0 Å². The Balaban J connectivity index is 1.77. The van der Waals surface area contributed by atoms with Gasteiger partial charge < -0.3 is 19.7 Å². The van der Waals surface area contributed by atoms with Crippen molar-refractivity contribution >= 4 is 34.9 Å². The topological polar surface area (TPSA) is 75.7 Å². The summed E-state index contributed by atoms with van der Waals surface area (Å²) in [4.78, 5) is 36.5. The van der Waals surface area contributed by atoms with Crippen LogP contribution >= 0.6 is 11.6 Å². The molecule has 7 heteroatoms. The third-order valence-corrected chi connectivity index (χ3v) is 4.20. The van der Waals surface area contributed by atoms with Crippen molar-refractivity contribution in [3.8, 4) is 5.75 Å². The van der Waals surface area contributed by atoms with E-state index in [-0.39, 0.29) is 30.7 Å². The number of Topliss-reactive ketones (excluding diaryl/α,β-unsaturated/α-hetero) is 1. The molecule has 6 nitrogen and oxygen atoms in total. The molecule has 0 saturated heterocycles. The van der Waals surface area contributed by atoms with Gasteiger partial charge in [-0.2, -0.15) is 0 Å². The molecule has 0 aliphatic carbocycles. The summed E-state index contributed by atoms with van der Waals surface area (Å²) in [6.07, 6.45) is 1.18. The first kappa shape index (κ1) is 21.4. The van der Waals surface area contributed by atoms with Gasteiger partial charge in [-0.1, -0.05) is 29.8 Å². The monoisotopic (exact) mass is 402 g/mol. The van der Waals surface area contributed by atoms with Crippen molar-refractivity contribution in [3.05, 3.63) is 59.1 Å². The molecule has 0 fully saturated rings. The summed E-state index contributed by atoms with van der Waals surface area (Å²) in [7, 11) is 1.54. The molecule has 1 N–H and O–H groups in total. The normalized spacial score (nSPS) is 10.2. The molecular formula is C21H23ClN2O4. The lowest BCUT2D eigenvalue weighted by molar-refractivity contribution is -0.135. The van der Waals surface area contributed by atoms with Gasteiger partial charge in [0, 0.05) is 24.2 Å². The Bertz CT molecular complexity index is 837. The molecule has 2 amide bonds. The molecule has 0 radical (unpaired) electrons. The van der Waals surface area contributed by atoms with Gasteiger partial charge in [-0.25, -0.2) is 0 Å². The first-order valence-electron chi connectivity index (χ1n) is 8.84. The lowest BCUT2D eigenvalue weighted by atomic mass is 10.1. The van der Waals surface area contributed by atoms with Gasteiger partial charge in [0.25, 0.3) is 5.91 Å². The lowest BCUT2D eigenvalue weighted by Crippen LogP contribution is -2.37. The molecule has 2 rings (SSSR count). The van der Waals surface area contributed by atoms with E-state index in [2.05, 4.69) is 5.32 Å². The van der Waals surface area contributed by atoms with E-state index >= 15 is 0 Å². The molecule has 2 aromatic rings. The molecule has 148 valence electrons. The quantitative estimate of drug-likeness (QED) is 0.698. The number of nitrogens with one attached hydrogen (secondary N) is 1. The predicted molar refractivity (Wildman–Crippen MR) is 109 cm³/mol. The number of carbonyl (C=O) groups is 3. The summed E-state index contributed by atoms with van der Waals surface area (Å²) >= 11 is 5.88. The van der Waals surface area contributed by atoms with E-state index < -0.39 is 0 Å². The van der Waals surface area contributed by atoms with Crippen molar-refractivity contribution in [2.24, 2.45) is 0 Å². The van der Waals surface area contributed by atoms with E-state index in [9.17, 15) is 14.4 Å². The van der Waals surface area contributed by atoms with Crippen LogP contribution in [0.4, 0.5) is 5.69 Å². The van der Waals surface area contributed by atoms with Crippen LogP contribution in [0, 0.1) is 0 Å². The van der Waals surface area contributed by atoms with Gasteiger partial charge >= 0.3 is 0 Å². The maximum absolute atomic E-state index is 12.2. The summed E-state index contributed by atoms with van der Waals surface area (Å²) in [6, 6.07) is 14.0. The van der Waals surface area contributed by atoms with E-state index in [1.165, 1.54) is 11.9 Å². The number of hydrogen-bond acceptors (Lipinski definition) is 4. The van der Waals surface area contributed by atoms with Crippen LogP contribution in [-0.2, 0) is 20.8 Å². The van der Waals surface area contributed by atoms with Crippen molar-refractivity contribution in [2.45, 2.75) is 19.8 Å². The Morgan fingerprint density at radius 1 is 1.11 bits per heavy atom. The number of amides is 2.